The van der Waals surface area contributed by atoms with E-state index in [0.717, 1.165) is 13.1 Å². The summed E-state index contributed by atoms with van der Waals surface area (Å²) in [7, 11) is 0. The Kier molecular flexibility index (Phi) is 4.96. The zero-order chi connectivity index (χ0) is 13.1. The van der Waals surface area contributed by atoms with Gasteiger partial charge in [0, 0.05) is 18.6 Å². The van der Waals surface area contributed by atoms with Crippen LogP contribution in [-0.2, 0) is 4.79 Å². The third-order valence-corrected chi connectivity index (χ3v) is 5.46. The molecule has 2 fully saturated rings. The second-order valence-corrected chi connectivity index (χ2v) is 6.64. The second-order valence-electron chi connectivity index (χ2n) is 5.46. The van der Waals surface area contributed by atoms with Crippen molar-refractivity contribution in [1.82, 2.24) is 9.80 Å². The fourth-order valence-corrected chi connectivity index (χ4v) is 3.82. The van der Waals surface area contributed by atoms with Crippen LogP contribution >= 0.6 is 11.8 Å². The van der Waals surface area contributed by atoms with Gasteiger partial charge in [0.05, 0.1) is 5.25 Å². The SMILES string of the molecule is CCN1CCC[C@@H]1[C@@H]1CCCN1C(=O)[C@@H](C)SC. The average Bonchev–Trinajstić information content (AvgIpc) is 3.03. The molecule has 2 heterocycles. The van der Waals surface area contributed by atoms with Gasteiger partial charge in [-0.3, -0.25) is 9.69 Å². The van der Waals surface area contributed by atoms with Gasteiger partial charge in [-0.15, -0.1) is 0 Å². The molecule has 0 unspecified atom stereocenters. The molecule has 0 aromatic rings. The molecule has 0 bridgehead atoms. The van der Waals surface area contributed by atoms with Gasteiger partial charge < -0.3 is 4.90 Å². The summed E-state index contributed by atoms with van der Waals surface area (Å²) in [5.74, 6) is 0.355. The molecule has 4 heteroatoms. The van der Waals surface area contributed by atoms with Crippen molar-refractivity contribution in [2.75, 3.05) is 25.9 Å². The van der Waals surface area contributed by atoms with Crippen LogP contribution in [0.25, 0.3) is 0 Å². The van der Waals surface area contributed by atoms with Crippen molar-refractivity contribution >= 4 is 17.7 Å². The highest BCUT2D eigenvalue weighted by Crippen LogP contribution is 2.31. The Balaban J connectivity index is 2.05. The maximum Gasteiger partial charge on any atom is 0.235 e. The number of rotatable bonds is 4. The third kappa shape index (κ3) is 2.69. The van der Waals surface area contributed by atoms with E-state index in [4.69, 9.17) is 0 Å². The lowest BCUT2D eigenvalue weighted by molar-refractivity contribution is -0.132. The van der Waals surface area contributed by atoms with Crippen molar-refractivity contribution in [3.8, 4) is 0 Å². The molecule has 0 saturated carbocycles. The summed E-state index contributed by atoms with van der Waals surface area (Å²) in [6.07, 6.45) is 6.99. The predicted molar refractivity (Wildman–Crippen MR) is 78.0 cm³/mol. The van der Waals surface area contributed by atoms with Crippen LogP contribution in [0, 0.1) is 0 Å². The van der Waals surface area contributed by atoms with E-state index in [0.29, 0.717) is 18.0 Å². The monoisotopic (exact) mass is 270 g/mol. The van der Waals surface area contributed by atoms with Crippen molar-refractivity contribution in [3.63, 3.8) is 0 Å². The molecule has 2 rings (SSSR count). The van der Waals surface area contributed by atoms with Gasteiger partial charge in [-0.2, -0.15) is 11.8 Å². The number of carbonyl (C=O) groups is 1. The van der Waals surface area contributed by atoms with Gasteiger partial charge in [-0.05, 0) is 52.0 Å². The van der Waals surface area contributed by atoms with Crippen LogP contribution in [0.3, 0.4) is 0 Å². The Morgan fingerprint density at radius 3 is 2.61 bits per heavy atom. The van der Waals surface area contributed by atoms with Crippen LogP contribution in [0.15, 0.2) is 0 Å². The van der Waals surface area contributed by atoms with E-state index in [1.54, 1.807) is 11.8 Å². The number of amides is 1. The smallest absolute Gasteiger partial charge is 0.235 e. The molecule has 3 nitrogen and oxygen atoms in total. The molecule has 104 valence electrons. The normalized spacial score (nSPS) is 30.9. The summed E-state index contributed by atoms with van der Waals surface area (Å²) in [4.78, 5) is 17.2. The van der Waals surface area contributed by atoms with Crippen molar-refractivity contribution in [3.05, 3.63) is 0 Å². The summed E-state index contributed by atoms with van der Waals surface area (Å²) < 4.78 is 0. The molecular formula is C14H26N2OS. The van der Waals surface area contributed by atoms with Crippen LogP contribution < -0.4 is 0 Å². The minimum Gasteiger partial charge on any atom is -0.337 e. The third-order valence-electron chi connectivity index (χ3n) is 4.55. The fourth-order valence-electron chi connectivity index (χ4n) is 3.48. The first-order valence-electron chi connectivity index (χ1n) is 7.26. The Labute approximate surface area is 115 Å². The number of likely N-dealkylation sites (N-methyl/N-ethyl adjacent to an activating group) is 1. The maximum atomic E-state index is 12.4. The summed E-state index contributed by atoms with van der Waals surface area (Å²) in [5.41, 5.74) is 0. The van der Waals surface area contributed by atoms with Crippen LogP contribution in [0.2, 0.25) is 0 Å². The molecule has 2 aliphatic rings. The predicted octanol–water partition coefficient (Wildman–Crippen LogP) is 2.21. The van der Waals surface area contributed by atoms with Crippen LogP contribution in [0.1, 0.15) is 39.5 Å². The van der Waals surface area contributed by atoms with Crippen LogP contribution in [0.5, 0.6) is 0 Å². The summed E-state index contributed by atoms with van der Waals surface area (Å²) >= 11 is 1.67. The lowest BCUT2D eigenvalue weighted by atomic mass is 10.0. The topological polar surface area (TPSA) is 23.6 Å². The lowest BCUT2D eigenvalue weighted by Crippen LogP contribution is -2.50. The van der Waals surface area contributed by atoms with Crippen molar-refractivity contribution in [1.29, 1.82) is 0 Å². The molecule has 0 aromatic carbocycles. The Bertz CT molecular complexity index is 298. The zero-order valence-corrected chi connectivity index (χ0v) is 12.7. The van der Waals surface area contributed by atoms with Gasteiger partial charge in [0.2, 0.25) is 5.91 Å². The first-order valence-corrected chi connectivity index (χ1v) is 8.55. The molecule has 3 atom stereocenters. The fraction of sp³-hybridized carbons (Fsp3) is 0.929. The van der Waals surface area contributed by atoms with Gasteiger partial charge in [-0.1, -0.05) is 6.92 Å². The van der Waals surface area contributed by atoms with E-state index in [1.165, 1.54) is 32.2 Å². The number of likely N-dealkylation sites (tertiary alicyclic amines) is 2. The standard InChI is InChI=1S/C14H26N2OS/c1-4-15-9-5-7-12(15)13-8-6-10-16(13)14(17)11(2)18-3/h11-13H,4-10H2,1-3H3/t11-,12-,13+/m1/s1. The summed E-state index contributed by atoms with van der Waals surface area (Å²) in [6, 6.07) is 1.10. The Morgan fingerprint density at radius 1 is 1.28 bits per heavy atom. The molecule has 0 aliphatic carbocycles. The zero-order valence-electron chi connectivity index (χ0n) is 11.9. The highest BCUT2D eigenvalue weighted by molar-refractivity contribution is 7.99. The molecule has 0 radical (unpaired) electrons. The Morgan fingerprint density at radius 2 is 1.94 bits per heavy atom. The summed E-state index contributed by atoms with van der Waals surface area (Å²) in [6.45, 7) is 7.60. The lowest BCUT2D eigenvalue weighted by Gasteiger charge is -2.35. The quantitative estimate of drug-likeness (QED) is 0.782. The molecule has 1 amide bonds. The van der Waals surface area contributed by atoms with E-state index in [9.17, 15) is 4.79 Å². The molecule has 18 heavy (non-hydrogen) atoms. The average molecular weight is 270 g/mol. The van der Waals surface area contributed by atoms with E-state index in [-0.39, 0.29) is 5.25 Å². The minimum atomic E-state index is 0.113. The first kappa shape index (κ1) is 14.2. The molecular weight excluding hydrogens is 244 g/mol. The highest BCUT2D eigenvalue weighted by atomic mass is 32.2. The first-order chi connectivity index (χ1) is 8.69. The number of nitrogens with zero attached hydrogens (tertiary/aromatic N) is 2. The van der Waals surface area contributed by atoms with Gasteiger partial charge in [0.1, 0.15) is 0 Å². The highest BCUT2D eigenvalue weighted by Gasteiger charge is 2.39. The second kappa shape index (κ2) is 6.29. The van der Waals surface area contributed by atoms with Gasteiger partial charge in [0.15, 0.2) is 0 Å². The van der Waals surface area contributed by atoms with E-state index < -0.39 is 0 Å². The van der Waals surface area contributed by atoms with E-state index >= 15 is 0 Å². The number of hydrogen-bond acceptors (Lipinski definition) is 3. The van der Waals surface area contributed by atoms with Crippen molar-refractivity contribution in [2.45, 2.75) is 56.9 Å². The maximum absolute atomic E-state index is 12.4. The number of thioether (sulfide) groups is 1. The van der Waals surface area contributed by atoms with Crippen molar-refractivity contribution < 1.29 is 4.79 Å². The molecule has 0 N–H and O–H groups in total. The minimum absolute atomic E-state index is 0.113. The van der Waals surface area contributed by atoms with Gasteiger partial charge >= 0.3 is 0 Å². The molecule has 0 spiro atoms. The van der Waals surface area contributed by atoms with Gasteiger partial charge in [0.25, 0.3) is 0 Å². The van der Waals surface area contributed by atoms with Crippen LogP contribution in [0.4, 0.5) is 0 Å². The summed E-state index contributed by atoms with van der Waals surface area (Å²) in [5, 5.41) is 0.113. The van der Waals surface area contributed by atoms with E-state index in [2.05, 4.69) is 16.7 Å². The Hall–Kier alpha value is -0.220. The number of carbonyl (C=O) groups excluding carboxylic acids is 1. The molecule has 2 aliphatic heterocycles. The van der Waals surface area contributed by atoms with E-state index in [1.807, 2.05) is 13.2 Å². The molecule has 0 aromatic heterocycles. The van der Waals surface area contributed by atoms with Gasteiger partial charge in [-0.25, -0.2) is 0 Å². The number of hydrogen-bond donors (Lipinski definition) is 0. The molecule has 2 saturated heterocycles. The van der Waals surface area contributed by atoms with Crippen molar-refractivity contribution in [2.24, 2.45) is 0 Å². The van der Waals surface area contributed by atoms with Crippen LogP contribution in [-0.4, -0.2) is 58.9 Å². The largest absolute Gasteiger partial charge is 0.337 e.